The molecule has 3 aromatic rings. The molecular formula is C22H17ClF3N3O4S2. The number of thiazole rings is 1. The van der Waals surface area contributed by atoms with Crippen molar-refractivity contribution < 1.29 is 26.7 Å². The van der Waals surface area contributed by atoms with Crippen LogP contribution < -0.4 is 15.4 Å². The van der Waals surface area contributed by atoms with E-state index in [1.165, 1.54) is 18.3 Å². The van der Waals surface area contributed by atoms with Gasteiger partial charge < -0.3 is 5.11 Å². The van der Waals surface area contributed by atoms with Crippen LogP contribution in [0, 0.1) is 0 Å². The molecule has 4 rings (SSSR count). The first-order valence-corrected chi connectivity index (χ1v) is 13.3. The lowest BCUT2D eigenvalue weighted by atomic mass is 9.96. The zero-order valence-corrected chi connectivity index (χ0v) is 20.4. The first-order valence-electron chi connectivity index (χ1n) is 10.0. The summed E-state index contributed by atoms with van der Waals surface area (Å²) in [4.78, 5) is 12.0. The van der Waals surface area contributed by atoms with Crippen molar-refractivity contribution in [2.45, 2.75) is 19.1 Å². The summed E-state index contributed by atoms with van der Waals surface area (Å²) in [5.41, 5.74) is -0.184. The van der Waals surface area contributed by atoms with Crippen LogP contribution in [0.25, 0.3) is 5.57 Å². The molecule has 7 nitrogen and oxygen atoms in total. The molecular weight excluding hydrogens is 527 g/mol. The van der Waals surface area contributed by atoms with Gasteiger partial charge in [0.1, 0.15) is 9.84 Å². The van der Waals surface area contributed by atoms with E-state index in [0.29, 0.717) is 27.5 Å². The highest BCUT2D eigenvalue weighted by atomic mass is 35.5. The number of halogens is 4. The average molecular weight is 544 g/mol. The fourth-order valence-electron chi connectivity index (χ4n) is 3.61. The molecule has 13 heteroatoms. The van der Waals surface area contributed by atoms with E-state index in [2.05, 4.69) is 10.2 Å². The van der Waals surface area contributed by atoms with E-state index in [-0.39, 0.29) is 34.0 Å². The Hall–Kier alpha value is -2.96. The van der Waals surface area contributed by atoms with Gasteiger partial charge in [-0.05, 0) is 40.6 Å². The topological polar surface area (TPSA) is 101 Å². The van der Waals surface area contributed by atoms with E-state index in [9.17, 15) is 31.5 Å². The SMILES string of the molecule is CS(=O)(=O)CCn1c(O)c(C(Cc2ccc(Cl)cc2C(F)(F)F)=c2ccc3c(c2)C=NN=3)sc1=O. The predicted octanol–water partition coefficient (Wildman–Crippen LogP) is 2.74. The molecule has 35 heavy (non-hydrogen) atoms. The third-order valence-electron chi connectivity index (χ3n) is 5.31. The molecule has 1 aliphatic rings. The smallest absolute Gasteiger partial charge is 0.416 e. The van der Waals surface area contributed by atoms with Gasteiger partial charge in [-0.15, -0.1) is 0 Å². The van der Waals surface area contributed by atoms with Gasteiger partial charge in [0, 0.05) is 29.8 Å². The summed E-state index contributed by atoms with van der Waals surface area (Å²) >= 11 is 6.44. The van der Waals surface area contributed by atoms with Crippen LogP contribution in [-0.2, 0) is 29.0 Å². The van der Waals surface area contributed by atoms with E-state index in [0.717, 1.165) is 16.9 Å². The van der Waals surface area contributed by atoms with Gasteiger partial charge in [-0.25, -0.2) is 8.42 Å². The number of aromatic hydroxyl groups is 1. The lowest BCUT2D eigenvalue weighted by Crippen LogP contribution is -2.19. The molecule has 1 aromatic heterocycles. The summed E-state index contributed by atoms with van der Waals surface area (Å²) in [5.74, 6) is -0.905. The summed E-state index contributed by atoms with van der Waals surface area (Å²) < 4.78 is 65.3. The Morgan fingerprint density at radius 1 is 1.20 bits per heavy atom. The second-order valence-electron chi connectivity index (χ2n) is 7.87. The van der Waals surface area contributed by atoms with Crippen LogP contribution >= 0.6 is 22.9 Å². The minimum atomic E-state index is -4.69. The molecule has 2 heterocycles. The van der Waals surface area contributed by atoms with Gasteiger partial charge in [0.2, 0.25) is 5.88 Å². The summed E-state index contributed by atoms with van der Waals surface area (Å²) in [6.45, 7) is -0.294. The highest BCUT2D eigenvalue weighted by Gasteiger charge is 2.34. The van der Waals surface area contributed by atoms with E-state index in [1.807, 2.05) is 0 Å². The summed E-state index contributed by atoms with van der Waals surface area (Å²) in [6, 6.07) is 8.29. The van der Waals surface area contributed by atoms with E-state index in [4.69, 9.17) is 11.6 Å². The van der Waals surface area contributed by atoms with Gasteiger partial charge in [0.05, 0.1) is 27.8 Å². The van der Waals surface area contributed by atoms with Crippen molar-refractivity contribution in [2.24, 2.45) is 10.2 Å². The molecule has 1 aliphatic heterocycles. The van der Waals surface area contributed by atoms with Crippen LogP contribution in [0.4, 0.5) is 13.2 Å². The summed E-state index contributed by atoms with van der Waals surface area (Å²) in [7, 11) is -3.44. The summed E-state index contributed by atoms with van der Waals surface area (Å²) in [5, 5.41) is 19.5. The van der Waals surface area contributed by atoms with Crippen LogP contribution in [0.15, 0.2) is 51.4 Å². The quantitative estimate of drug-likeness (QED) is 0.516. The molecule has 0 amide bonds. The number of aromatic nitrogens is 1. The monoisotopic (exact) mass is 543 g/mol. The molecule has 0 atom stereocenters. The fraction of sp³-hybridized carbons (Fsp3) is 0.227. The number of nitrogens with zero attached hydrogens (tertiary/aromatic N) is 3. The largest absolute Gasteiger partial charge is 0.493 e. The van der Waals surface area contributed by atoms with Gasteiger partial charge in [-0.1, -0.05) is 35.1 Å². The van der Waals surface area contributed by atoms with Crippen molar-refractivity contribution in [3.05, 3.63) is 83.2 Å². The van der Waals surface area contributed by atoms with Crippen LogP contribution in [-0.4, -0.2) is 36.3 Å². The number of hydrogen-bond acceptors (Lipinski definition) is 7. The van der Waals surface area contributed by atoms with Crippen LogP contribution in [0.1, 0.15) is 21.6 Å². The molecule has 1 N–H and O–H groups in total. The number of sulfone groups is 1. The van der Waals surface area contributed by atoms with Crippen molar-refractivity contribution in [2.75, 3.05) is 12.0 Å². The molecule has 2 aromatic carbocycles. The Bertz CT molecular complexity index is 1640. The number of fused-ring (bicyclic) bond motifs is 1. The third-order valence-corrected chi connectivity index (χ3v) is 7.50. The Morgan fingerprint density at radius 2 is 1.94 bits per heavy atom. The Morgan fingerprint density at radius 3 is 2.63 bits per heavy atom. The zero-order chi connectivity index (χ0) is 25.5. The van der Waals surface area contributed by atoms with Crippen molar-refractivity contribution in [3.63, 3.8) is 0 Å². The van der Waals surface area contributed by atoms with Gasteiger partial charge >= 0.3 is 11.0 Å². The minimum Gasteiger partial charge on any atom is -0.493 e. The Kier molecular flexibility index (Phi) is 6.64. The standard InChI is InChI=1S/C22H17ClF3N3O4S2/c1-35(32,33)7-6-29-20(30)19(34-21(29)31)16(12-3-5-18-14(8-12)11-27-28-18)9-13-2-4-15(23)10-17(13)22(24,25)26/h2-5,8,10-11,30H,6-7,9H2,1H3. The third kappa shape index (κ3) is 5.49. The number of hydrogen-bond donors (Lipinski definition) is 1. The number of rotatable bonds is 6. The first-order chi connectivity index (χ1) is 16.3. The van der Waals surface area contributed by atoms with E-state index >= 15 is 0 Å². The zero-order valence-electron chi connectivity index (χ0n) is 18.0. The second kappa shape index (κ2) is 9.25. The maximum atomic E-state index is 13.8. The molecule has 0 radical (unpaired) electrons. The molecule has 0 bridgehead atoms. The minimum absolute atomic E-state index is 0.0402. The van der Waals surface area contributed by atoms with Gasteiger partial charge in [0.25, 0.3) is 0 Å². The molecule has 0 spiro atoms. The fourth-order valence-corrected chi connectivity index (χ4v) is 5.27. The Balaban J connectivity index is 1.93. The molecule has 184 valence electrons. The van der Waals surface area contributed by atoms with Crippen LogP contribution in [0.2, 0.25) is 5.02 Å². The van der Waals surface area contributed by atoms with Crippen molar-refractivity contribution in [1.29, 1.82) is 0 Å². The molecule has 0 saturated heterocycles. The second-order valence-corrected chi connectivity index (χ2v) is 11.5. The summed E-state index contributed by atoms with van der Waals surface area (Å²) in [6.07, 6.45) is -2.50. The van der Waals surface area contributed by atoms with E-state index in [1.54, 1.807) is 18.2 Å². The van der Waals surface area contributed by atoms with Crippen molar-refractivity contribution in [1.82, 2.24) is 4.57 Å². The van der Waals surface area contributed by atoms with Gasteiger partial charge in [-0.2, -0.15) is 23.4 Å². The van der Waals surface area contributed by atoms with Crippen LogP contribution in [0.5, 0.6) is 5.88 Å². The Labute approximate surface area is 206 Å². The van der Waals surface area contributed by atoms with Gasteiger partial charge in [-0.3, -0.25) is 9.36 Å². The highest BCUT2D eigenvalue weighted by Crippen LogP contribution is 2.37. The van der Waals surface area contributed by atoms with Crippen LogP contribution in [0.3, 0.4) is 0 Å². The number of alkyl halides is 3. The molecule has 0 aliphatic carbocycles. The predicted molar refractivity (Wildman–Crippen MR) is 127 cm³/mol. The maximum Gasteiger partial charge on any atom is 0.416 e. The molecule has 0 fully saturated rings. The number of benzene rings is 2. The lowest BCUT2D eigenvalue weighted by Gasteiger charge is -2.15. The van der Waals surface area contributed by atoms with Gasteiger partial charge in [0.15, 0.2) is 0 Å². The molecule has 0 unspecified atom stereocenters. The van der Waals surface area contributed by atoms with E-state index < -0.39 is 38.1 Å². The average Bonchev–Trinajstić information content (AvgIpc) is 3.33. The molecule has 0 saturated carbocycles. The highest BCUT2D eigenvalue weighted by molar-refractivity contribution is 7.90. The van der Waals surface area contributed by atoms with Crippen molar-refractivity contribution in [3.8, 4) is 5.88 Å². The first kappa shape index (κ1) is 25.1. The maximum absolute atomic E-state index is 13.8. The van der Waals surface area contributed by atoms with Crippen molar-refractivity contribution >= 4 is 44.6 Å². The lowest BCUT2D eigenvalue weighted by molar-refractivity contribution is -0.138. The normalized spacial score (nSPS) is 14.1.